The number of rotatable bonds is 5. The second kappa shape index (κ2) is 6.07. The summed E-state index contributed by atoms with van der Waals surface area (Å²) in [5.41, 5.74) is 2.85. The van der Waals surface area contributed by atoms with E-state index in [0.29, 0.717) is 5.33 Å². The van der Waals surface area contributed by atoms with Crippen LogP contribution in [0.1, 0.15) is 16.8 Å². The highest BCUT2D eigenvalue weighted by Crippen LogP contribution is 2.13. The summed E-state index contributed by atoms with van der Waals surface area (Å²) in [6, 6.07) is 6.79. The second-order valence-electron chi connectivity index (χ2n) is 4.48. The number of aryl methyl sites for hydroxylation is 1. The summed E-state index contributed by atoms with van der Waals surface area (Å²) in [5.74, 6) is 0. The lowest BCUT2D eigenvalue weighted by Crippen LogP contribution is -2.23. The Morgan fingerprint density at radius 3 is 2.45 bits per heavy atom. The van der Waals surface area contributed by atoms with Crippen LogP contribution in [0, 0.1) is 6.92 Å². The van der Waals surface area contributed by atoms with Gasteiger partial charge in [0.2, 0.25) is 10.0 Å². The van der Waals surface area contributed by atoms with Gasteiger partial charge in [0.15, 0.2) is 0 Å². The highest BCUT2D eigenvalue weighted by Gasteiger charge is 2.14. The van der Waals surface area contributed by atoms with Gasteiger partial charge in [-0.05, 0) is 24.6 Å². The quantitative estimate of drug-likeness (QED) is 0.833. The Morgan fingerprint density at radius 2 is 1.95 bits per heavy atom. The zero-order chi connectivity index (χ0) is 14.8. The highest BCUT2D eigenvalue weighted by atomic mass is 79.9. The van der Waals surface area contributed by atoms with E-state index in [1.807, 2.05) is 14.0 Å². The van der Waals surface area contributed by atoms with Crippen molar-refractivity contribution in [3.05, 3.63) is 47.3 Å². The third-order valence-electron chi connectivity index (χ3n) is 3.18. The highest BCUT2D eigenvalue weighted by molar-refractivity contribution is 9.08. The lowest BCUT2D eigenvalue weighted by molar-refractivity contribution is 0.581. The van der Waals surface area contributed by atoms with Crippen LogP contribution in [0.5, 0.6) is 0 Å². The molecule has 7 heteroatoms. The van der Waals surface area contributed by atoms with Crippen LogP contribution in [0.4, 0.5) is 0 Å². The minimum Gasteiger partial charge on any atom is -0.273 e. The van der Waals surface area contributed by atoms with Gasteiger partial charge < -0.3 is 0 Å². The van der Waals surface area contributed by atoms with Gasteiger partial charge in [0, 0.05) is 30.2 Å². The van der Waals surface area contributed by atoms with Crippen LogP contribution < -0.4 is 4.72 Å². The molecular weight excluding hydrogens is 342 g/mol. The molecule has 0 saturated carbocycles. The fourth-order valence-electron chi connectivity index (χ4n) is 1.73. The SMILES string of the molecule is Cc1c(CNS(=O)(=O)c2ccc(CBr)cc2)cnn1C. The molecule has 0 unspecified atom stereocenters. The van der Waals surface area contributed by atoms with Crippen molar-refractivity contribution < 1.29 is 8.42 Å². The third-order valence-corrected chi connectivity index (χ3v) is 5.24. The molecule has 0 aliphatic carbocycles. The standard InChI is InChI=1S/C13H16BrN3O2S/c1-10-12(8-15-17(10)2)9-16-20(18,19)13-5-3-11(7-14)4-6-13/h3-6,8,16H,7,9H2,1-2H3. The van der Waals surface area contributed by atoms with Gasteiger partial charge >= 0.3 is 0 Å². The average molecular weight is 358 g/mol. The smallest absolute Gasteiger partial charge is 0.240 e. The van der Waals surface area contributed by atoms with E-state index in [0.717, 1.165) is 16.8 Å². The summed E-state index contributed by atoms with van der Waals surface area (Å²) in [6.07, 6.45) is 1.67. The zero-order valence-electron chi connectivity index (χ0n) is 11.3. The molecule has 2 rings (SSSR count). The molecule has 1 aromatic carbocycles. The number of benzene rings is 1. The van der Waals surface area contributed by atoms with Gasteiger partial charge in [0.25, 0.3) is 0 Å². The molecule has 0 amide bonds. The van der Waals surface area contributed by atoms with Crippen LogP contribution in [-0.2, 0) is 28.9 Å². The lowest BCUT2D eigenvalue weighted by Gasteiger charge is -2.07. The summed E-state index contributed by atoms with van der Waals surface area (Å²) in [7, 11) is -1.67. The van der Waals surface area contributed by atoms with Crippen molar-refractivity contribution in [1.29, 1.82) is 0 Å². The van der Waals surface area contributed by atoms with Gasteiger partial charge in [-0.3, -0.25) is 4.68 Å². The zero-order valence-corrected chi connectivity index (χ0v) is 13.7. The van der Waals surface area contributed by atoms with E-state index < -0.39 is 10.0 Å². The molecule has 0 aliphatic heterocycles. The van der Waals surface area contributed by atoms with E-state index in [9.17, 15) is 8.42 Å². The van der Waals surface area contributed by atoms with Crippen molar-refractivity contribution in [3.8, 4) is 0 Å². The number of nitrogens with one attached hydrogen (secondary N) is 1. The predicted octanol–water partition coefficient (Wildman–Crippen LogP) is 2.10. The van der Waals surface area contributed by atoms with Crippen molar-refractivity contribution in [2.75, 3.05) is 0 Å². The second-order valence-corrected chi connectivity index (χ2v) is 6.81. The number of hydrogen-bond acceptors (Lipinski definition) is 3. The molecule has 0 bridgehead atoms. The van der Waals surface area contributed by atoms with Crippen molar-refractivity contribution in [2.24, 2.45) is 7.05 Å². The third kappa shape index (κ3) is 3.28. The van der Waals surface area contributed by atoms with Gasteiger partial charge in [-0.2, -0.15) is 5.10 Å². The molecule has 2 aromatic rings. The Labute approximate surface area is 127 Å². The Hall–Kier alpha value is -1.18. The molecule has 0 atom stereocenters. The lowest BCUT2D eigenvalue weighted by atomic mass is 10.2. The van der Waals surface area contributed by atoms with E-state index >= 15 is 0 Å². The Kier molecular flexibility index (Phi) is 4.62. The van der Waals surface area contributed by atoms with Gasteiger partial charge in [-0.15, -0.1) is 0 Å². The van der Waals surface area contributed by atoms with Crippen LogP contribution in [0.25, 0.3) is 0 Å². The van der Waals surface area contributed by atoms with Gasteiger partial charge in [0.05, 0.1) is 11.1 Å². The van der Waals surface area contributed by atoms with Gasteiger partial charge in [-0.25, -0.2) is 13.1 Å². The summed E-state index contributed by atoms with van der Waals surface area (Å²) in [4.78, 5) is 0.267. The fourth-order valence-corrected chi connectivity index (χ4v) is 3.11. The number of hydrogen-bond donors (Lipinski definition) is 1. The van der Waals surface area contributed by atoms with Gasteiger partial charge in [-0.1, -0.05) is 28.1 Å². The van der Waals surface area contributed by atoms with Crippen LogP contribution in [0.15, 0.2) is 35.4 Å². The molecule has 1 aromatic heterocycles. The number of nitrogens with zero attached hydrogens (tertiary/aromatic N) is 2. The average Bonchev–Trinajstić information content (AvgIpc) is 2.77. The van der Waals surface area contributed by atoms with E-state index in [-0.39, 0.29) is 11.4 Å². The number of alkyl halides is 1. The normalized spacial score (nSPS) is 11.8. The summed E-state index contributed by atoms with van der Waals surface area (Å²) in [5, 5.41) is 4.79. The minimum absolute atomic E-state index is 0.238. The van der Waals surface area contributed by atoms with Crippen LogP contribution in [0.3, 0.4) is 0 Å². The van der Waals surface area contributed by atoms with E-state index in [2.05, 4.69) is 25.8 Å². The number of sulfonamides is 1. The molecule has 0 saturated heterocycles. The summed E-state index contributed by atoms with van der Waals surface area (Å²) in [6.45, 7) is 2.14. The largest absolute Gasteiger partial charge is 0.273 e. The van der Waals surface area contributed by atoms with Crippen LogP contribution in [-0.4, -0.2) is 18.2 Å². The molecular formula is C13H16BrN3O2S. The van der Waals surface area contributed by atoms with Crippen molar-refractivity contribution in [3.63, 3.8) is 0 Å². The maximum atomic E-state index is 12.2. The Bertz CT molecular complexity index is 693. The molecule has 0 spiro atoms. The minimum atomic E-state index is -3.49. The van der Waals surface area contributed by atoms with Crippen LogP contribution >= 0.6 is 15.9 Å². The molecule has 1 N–H and O–H groups in total. The van der Waals surface area contributed by atoms with E-state index in [1.165, 1.54) is 0 Å². The van der Waals surface area contributed by atoms with E-state index in [1.54, 1.807) is 35.1 Å². The molecule has 0 radical (unpaired) electrons. The fraction of sp³-hybridized carbons (Fsp3) is 0.308. The first-order valence-electron chi connectivity index (χ1n) is 6.06. The Balaban J connectivity index is 2.12. The summed E-state index contributed by atoms with van der Waals surface area (Å²) < 4.78 is 28.7. The Morgan fingerprint density at radius 1 is 1.30 bits per heavy atom. The topological polar surface area (TPSA) is 64.0 Å². The van der Waals surface area contributed by atoms with Crippen molar-refractivity contribution in [1.82, 2.24) is 14.5 Å². The molecule has 5 nitrogen and oxygen atoms in total. The number of halogens is 1. The van der Waals surface area contributed by atoms with Crippen molar-refractivity contribution in [2.45, 2.75) is 23.7 Å². The molecule has 20 heavy (non-hydrogen) atoms. The first-order chi connectivity index (χ1) is 9.44. The molecule has 108 valence electrons. The summed E-state index contributed by atoms with van der Waals surface area (Å²) >= 11 is 3.33. The first-order valence-corrected chi connectivity index (χ1v) is 8.66. The molecule has 1 heterocycles. The predicted molar refractivity (Wildman–Crippen MR) is 81.0 cm³/mol. The molecule has 0 aliphatic rings. The first kappa shape index (κ1) is 15.2. The molecule has 0 fully saturated rings. The maximum absolute atomic E-state index is 12.2. The number of aromatic nitrogens is 2. The maximum Gasteiger partial charge on any atom is 0.240 e. The monoisotopic (exact) mass is 357 g/mol. The van der Waals surface area contributed by atoms with Gasteiger partial charge in [0.1, 0.15) is 0 Å². The van der Waals surface area contributed by atoms with E-state index in [4.69, 9.17) is 0 Å². The van der Waals surface area contributed by atoms with Crippen molar-refractivity contribution >= 4 is 26.0 Å². The van der Waals surface area contributed by atoms with Crippen LogP contribution in [0.2, 0.25) is 0 Å².